The van der Waals surface area contributed by atoms with Crippen LogP contribution in [0.15, 0.2) is 24.3 Å². The normalized spacial score (nSPS) is 18.4. The summed E-state index contributed by atoms with van der Waals surface area (Å²) in [5.74, 6) is -0.504. The van der Waals surface area contributed by atoms with E-state index < -0.39 is 18.0 Å². The number of anilines is 1. The average molecular weight is 362 g/mol. The number of rotatable bonds is 2. The molecular formula is C11H11IN2O4. The summed E-state index contributed by atoms with van der Waals surface area (Å²) in [6, 6.07) is 6.62. The SMILES string of the molecule is O=C(NC(=O)C1COCO1)Nc1ccc(I)cc1. The smallest absolute Gasteiger partial charge is 0.325 e. The van der Waals surface area contributed by atoms with Crippen molar-refractivity contribution in [2.24, 2.45) is 0 Å². The van der Waals surface area contributed by atoms with Crippen molar-refractivity contribution in [1.29, 1.82) is 0 Å². The highest BCUT2D eigenvalue weighted by atomic mass is 127. The quantitative estimate of drug-likeness (QED) is 0.778. The monoisotopic (exact) mass is 362 g/mol. The number of halogens is 1. The third-order valence-electron chi connectivity index (χ3n) is 2.25. The van der Waals surface area contributed by atoms with Crippen LogP contribution >= 0.6 is 22.6 Å². The van der Waals surface area contributed by atoms with E-state index in [0.29, 0.717) is 5.69 Å². The van der Waals surface area contributed by atoms with Crippen molar-refractivity contribution in [3.05, 3.63) is 27.8 Å². The van der Waals surface area contributed by atoms with Crippen LogP contribution in [0.3, 0.4) is 0 Å². The van der Waals surface area contributed by atoms with Gasteiger partial charge >= 0.3 is 6.03 Å². The molecule has 7 heteroatoms. The van der Waals surface area contributed by atoms with Gasteiger partial charge in [0.05, 0.1) is 6.61 Å². The van der Waals surface area contributed by atoms with Crippen LogP contribution in [0.25, 0.3) is 0 Å². The standard InChI is InChI=1S/C11H11IN2O4/c12-7-1-3-8(4-2-7)13-11(16)14-10(15)9-5-17-6-18-9/h1-4,9H,5-6H2,(H2,13,14,15,16). The Morgan fingerprint density at radius 1 is 1.28 bits per heavy atom. The zero-order valence-corrected chi connectivity index (χ0v) is 11.5. The third-order valence-corrected chi connectivity index (χ3v) is 2.97. The molecule has 1 unspecified atom stereocenters. The van der Waals surface area contributed by atoms with Gasteiger partial charge in [-0.15, -0.1) is 0 Å². The number of hydrogen-bond acceptors (Lipinski definition) is 4. The molecule has 0 aliphatic carbocycles. The number of nitrogens with one attached hydrogen (secondary N) is 2. The summed E-state index contributed by atoms with van der Waals surface area (Å²) in [5, 5.41) is 4.74. The van der Waals surface area contributed by atoms with E-state index in [9.17, 15) is 9.59 Å². The number of hydrogen-bond donors (Lipinski definition) is 2. The lowest BCUT2D eigenvalue weighted by molar-refractivity contribution is -0.128. The van der Waals surface area contributed by atoms with E-state index in [4.69, 9.17) is 9.47 Å². The molecule has 2 N–H and O–H groups in total. The molecule has 0 aromatic heterocycles. The zero-order chi connectivity index (χ0) is 13.0. The van der Waals surface area contributed by atoms with E-state index >= 15 is 0 Å². The maximum atomic E-state index is 11.5. The number of urea groups is 1. The lowest BCUT2D eigenvalue weighted by Gasteiger charge is -2.09. The largest absolute Gasteiger partial charge is 0.352 e. The summed E-state index contributed by atoms with van der Waals surface area (Å²) in [5.41, 5.74) is 0.615. The predicted molar refractivity (Wildman–Crippen MR) is 72.0 cm³/mol. The molecule has 1 heterocycles. The second-order valence-corrected chi connectivity index (χ2v) is 4.84. The van der Waals surface area contributed by atoms with E-state index in [1.807, 2.05) is 12.1 Å². The van der Waals surface area contributed by atoms with Gasteiger partial charge in [-0.2, -0.15) is 0 Å². The van der Waals surface area contributed by atoms with E-state index in [1.54, 1.807) is 12.1 Å². The van der Waals surface area contributed by atoms with Crippen molar-refractivity contribution in [1.82, 2.24) is 5.32 Å². The van der Waals surface area contributed by atoms with Gasteiger partial charge in [-0.3, -0.25) is 10.1 Å². The number of ether oxygens (including phenoxy) is 2. The second-order valence-electron chi connectivity index (χ2n) is 3.59. The number of amides is 3. The molecule has 1 saturated heterocycles. The van der Waals surface area contributed by atoms with Crippen LogP contribution in [0.5, 0.6) is 0 Å². The third kappa shape index (κ3) is 3.65. The van der Waals surface area contributed by atoms with Crippen molar-refractivity contribution in [2.45, 2.75) is 6.10 Å². The minimum Gasteiger partial charge on any atom is -0.352 e. The molecule has 1 fully saturated rings. The van der Waals surface area contributed by atoms with Crippen molar-refractivity contribution in [2.75, 3.05) is 18.7 Å². The lowest BCUT2D eigenvalue weighted by atomic mass is 10.3. The summed E-state index contributed by atoms with van der Waals surface area (Å²) in [6.07, 6.45) is -0.715. The average Bonchev–Trinajstić information content (AvgIpc) is 2.85. The zero-order valence-electron chi connectivity index (χ0n) is 9.31. The van der Waals surface area contributed by atoms with Gasteiger partial charge in [0, 0.05) is 9.26 Å². The highest BCUT2D eigenvalue weighted by Gasteiger charge is 2.25. The first-order valence-electron chi connectivity index (χ1n) is 5.22. The van der Waals surface area contributed by atoms with Gasteiger partial charge in [-0.05, 0) is 46.9 Å². The van der Waals surface area contributed by atoms with Gasteiger partial charge in [0.25, 0.3) is 5.91 Å². The van der Waals surface area contributed by atoms with Gasteiger partial charge in [-0.25, -0.2) is 4.79 Å². The number of carbonyl (C=O) groups excluding carboxylic acids is 2. The minimum absolute atomic E-state index is 0.0802. The van der Waals surface area contributed by atoms with E-state index in [-0.39, 0.29) is 13.4 Å². The predicted octanol–water partition coefficient (Wildman–Crippen LogP) is 1.31. The van der Waals surface area contributed by atoms with Gasteiger partial charge in [0.2, 0.25) is 0 Å². The molecule has 1 aromatic carbocycles. The first kappa shape index (κ1) is 13.2. The van der Waals surface area contributed by atoms with Crippen LogP contribution in [0.2, 0.25) is 0 Å². The Bertz CT molecular complexity index is 443. The van der Waals surface area contributed by atoms with Gasteiger partial charge in [-0.1, -0.05) is 0 Å². The van der Waals surface area contributed by atoms with Crippen molar-refractivity contribution < 1.29 is 19.1 Å². The summed E-state index contributed by atoms with van der Waals surface area (Å²) in [6.45, 7) is 0.249. The first-order chi connectivity index (χ1) is 8.65. The van der Waals surface area contributed by atoms with Gasteiger partial charge < -0.3 is 14.8 Å². The fourth-order valence-corrected chi connectivity index (χ4v) is 1.73. The fourth-order valence-electron chi connectivity index (χ4n) is 1.37. The molecule has 0 bridgehead atoms. The fraction of sp³-hybridized carbons (Fsp3) is 0.273. The molecule has 3 amide bonds. The Morgan fingerprint density at radius 2 is 2.00 bits per heavy atom. The molecule has 1 aliphatic rings. The Hall–Kier alpha value is -1.19. The minimum atomic E-state index is -0.715. The Balaban J connectivity index is 1.84. The number of carbonyl (C=O) groups is 2. The molecule has 0 spiro atoms. The maximum Gasteiger partial charge on any atom is 0.325 e. The molecule has 1 aromatic rings. The Morgan fingerprint density at radius 3 is 2.61 bits per heavy atom. The molecule has 18 heavy (non-hydrogen) atoms. The second kappa shape index (κ2) is 6.12. The molecule has 1 aliphatic heterocycles. The van der Waals surface area contributed by atoms with Crippen LogP contribution in [0.4, 0.5) is 10.5 Å². The van der Waals surface area contributed by atoms with Crippen LogP contribution < -0.4 is 10.6 Å². The summed E-state index contributed by atoms with van der Waals surface area (Å²) in [7, 11) is 0. The van der Waals surface area contributed by atoms with Crippen molar-refractivity contribution in [3.8, 4) is 0 Å². The lowest BCUT2D eigenvalue weighted by Crippen LogP contribution is -2.41. The van der Waals surface area contributed by atoms with Crippen molar-refractivity contribution >= 4 is 40.2 Å². The summed E-state index contributed by atoms with van der Waals surface area (Å²) >= 11 is 2.16. The topological polar surface area (TPSA) is 76.7 Å². The first-order valence-corrected chi connectivity index (χ1v) is 6.30. The molecular weight excluding hydrogens is 351 g/mol. The van der Waals surface area contributed by atoms with Crippen molar-refractivity contribution in [3.63, 3.8) is 0 Å². The van der Waals surface area contributed by atoms with Gasteiger partial charge in [0.1, 0.15) is 6.79 Å². The Labute approximate surface area is 117 Å². The molecule has 0 saturated carbocycles. The molecule has 0 radical (unpaired) electrons. The van der Waals surface area contributed by atoms with Crippen LogP contribution in [0.1, 0.15) is 0 Å². The molecule has 6 nitrogen and oxygen atoms in total. The van der Waals surface area contributed by atoms with E-state index in [0.717, 1.165) is 3.57 Å². The van der Waals surface area contributed by atoms with E-state index in [1.165, 1.54) is 0 Å². The Kier molecular flexibility index (Phi) is 4.50. The summed E-state index contributed by atoms with van der Waals surface area (Å²) in [4.78, 5) is 23.0. The number of imide groups is 1. The van der Waals surface area contributed by atoms with E-state index in [2.05, 4.69) is 33.2 Å². The molecule has 96 valence electrons. The highest BCUT2D eigenvalue weighted by Crippen LogP contribution is 2.11. The maximum absolute atomic E-state index is 11.5. The highest BCUT2D eigenvalue weighted by molar-refractivity contribution is 14.1. The van der Waals surface area contributed by atoms with Crippen LogP contribution in [-0.4, -0.2) is 31.4 Å². The van der Waals surface area contributed by atoms with Crippen LogP contribution in [0, 0.1) is 3.57 Å². The molecule has 1 atom stereocenters. The number of benzene rings is 1. The van der Waals surface area contributed by atoms with Gasteiger partial charge in [0.15, 0.2) is 6.10 Å². The summed E-state index contributed by atoms with van der Waals surface area (Å²) < 4.78 is 10.9. The molecule has 2 rings (SSSR count). The van der Waals surface area contributed by atoms with Crippen LogP contribution in [-0.2, 0) is 14.3 Å².